The van der Waals surface area contributed by atoms with Crippen LogP contribution in [0.25, 0.3) is 79.0 Å². The molecule has 0 radical (unpaired) electrons. The minimum absolute atomic E-state index is 0.0424. The van der Waals surface area contributed by atoms with Crippen LogP contribution in [-0.4, -0.2) is 163 Å². The van der Waals surface area contributed by atoms with Gasteiger partial charge in [0, 0.05) is 78.5 Å². The van der Waals surface area contributed by atoms with Gasteiger partial charge in [-0.25, -0.2) is 67.2 Å². The first-order valence-corrected chi connectivity index (χ1v) is 50.9. The van der Waals surface area contributed by atoms with E-state index in [1.54, 1.807) is 170 Å². The van der Waals surface area contributed by atoms with Crippen molar-refractivity contribution in [1.29, 1.82) is 0 Å². The van der Waals surface area contributed by atoms with Gasteiger partial charge in [-0.1, -0.05) is 83.3 Å². The molecule has 8 heterocycles. The van der Waals surface area contributed by atoms with Crippen molar-refractivity contribution in [2.75, 3.05) is 0 Å². The molecule has 0 amide bonds. The van der Waals surface area contributed by atoms with E-state index < -0.39 is 63.2 Å². The van der Waals surface area contributed by atoms with Crippen molar-refractivity contribution in [2.24, 2.45) is 14.1 Å². The van der Waals surface area contributed by atoms with Crippen LogP contribution >= 0.6 is 34.8 Å². The number of carboxylic acids is 4. The summed E-state index contributed by atoms with van der Waals surface area (Å²) in [5.74, 6) is -5.07. The Morgan fingerprint density at radius 1 is 0.348 bits per heavy atom. The number of halogens is 3. The maximum Gasteiger partial charge on any atom is 0.335 e. The topological polar surface area (TPSA) is 473 Å². The van der Waals surface area contributed by atoms with Gasteiger partial charge in [0.15, 0.2) is 45.2 Å². The van der Waals surface area contributed by atoms with Crippen molar-refractivity contribution >= 4 is 98.0 Å². The number of benzene rings is 8. The summed E-state index contributed by atoms with van der Waals surface area (Å²) in [5, 5.41) is 69.7. The van der Waals surface area contributed by atoms with Crippen molar-refractivity contribution in [1.82, 2.24) is 84.9 Å². The summed E-state index contributed by atoms with van der Waals surface area (Å²) in [4.78, 5) is 68.4. The summed E-state index contributed by atoms with van der Waals surface area (Å²) in [6.07, 6.45) is 19.4. The number of hydrogen-bond acceptors (Lipinski definition) is 25. The van der Waals surface area contributed by atoms with E-state index in [-0.39, 0.29) is 88.5 Å². The van der Waals surface area contributed by atoms with Crippen molar-refractivity contribution in [3.05, 3.63) is 338 Å². The van der Waals surface area contributed by atoms with E-state index in [4.69, 9.17) is 34.8 Å². The minimum atomic E-state index is -3.93. The highest BCUT2D eigenvalue weighted by molar-refractivity contribution is 7.91. The van der Waals surface area contributed by atoms with E-state index in [9.17, 15) is 73.3 Å². The Bertz CT molecular complexity index is 7450. The van der Waals surface area contributed by atoms with E-state index in [1.165, 1.54) is 76.9 Å². The number of aromatic nitrogens is 17. The molecule has 4 N–H and O–H groups in total. The van der Waals surface area contributed by atoms with E-state index in [0.717, 1.165) is 62.6 Å². The van der Waals surface area contributed by atoms with Gasteiger partial charge in [0.1, 0.15) is 19.0 Å². The molecule has 0 spiro atoms. The van der Waals surface area contributed by atoms with Crippen molar-refractivity contribution in [2.45, 2.75) is 125 Å². The van der Waals surface area contributed by atoms with Crippen LogP contribution in [0.3, 0.4) is 0 Å². The lowest BCUT2D eigenvalue weighted by Crippen LogP contribution is -2.12. The number of aryl methyl sites for hydroxylation is 3. The summed E-state index contributed by atoms with van der Waals surface area (Å²) in [6, 6.07) is 54.6. The molecule has 20 rings (SSSR count). The fourth-order valence-electron chi connectivity index (χ4n) is 16.4. The second kappa shape index (κ2) is 39.6. The zero-order valence-electron chi connectivity index (χ0n) is 73.5. The predicted octanol–water partition coefficient (Wildman–Crippen LogP) is 17.6. The molecule has 8 aromatic carbocycles. The fourth-order valence-corrected chi connectivity index (χ4v) is 24.0. The Morgan fingerprint density at radius 3 is 0.978 bits per heavy atom. The van der Waals surface area contributed by atoms with Crippen LogP contribution in [0, 0.1) is 6.92 Å². The molecule has 0 saturated heterocycles. The van der Waals surface area contributed by atoms with Crippen molar-refractivity contribution in [3.8, 4) is 79.0 Å². The standard InChI is InChI=1S/C26H22ClN3O4S.C25H21ClN4O4S.C24H21N5O4S.C23H18ClN5O4S/c1-30-24(9-11-29-30)21-12-18(20(14-22(21)27)23-4-2-3-10-28-23)15-35(33,34)25-13-17(26(31)32)7-8-19(25)16-5-6-16;1-30-24(28-14-29-30)20-10-17(19(12-21(20)26)22-4-2-3-9-27-22)13-35(33,34)23-11-16(25(31)32)7-8-18(23)15-5-6-15;1-15-10-20(21-4-2-3-9-25-21)18(11-22(15)29-14-26-27-28-29)13-34(32,33)23-12-17(24(30)31)7-8-19(23)16-5-6-16;24-19-11-18(20-3-1-2-8-25-20)16(9-21(19)29-13-26-27-28-29)12-34(32,33)22-10-15(23(30)31)6-7-17(22)14-4-5-14/h2-4,7-14,16H,5-6,15H2,1H3,(H,31,32);2-4,7-12,14-15H,5-6,13H2,1H3,(H,31,32);2-4,7-12,14,16H,5-6,13H2,1H3,(H,30,31);1-3,6-11,13-14H,4-5,12H2,(H,30,31). The summed E-state index contributed by atoms with van der Waals surface area (Å²) >= 11 is 19.8. The lowest BCUT2D eigenvalue weighted by molar-refractivity contribution is 0.0685. The molecule has 138 heavy (non-hydrogen) atoms. The number of pyridine rings is 4. The van der Waals surface area contributed by atoms with Crippen LogP contribution in [0.2, 0.25) is 15.1 Å². The van der Waals surface area contributed by atoms with E-state index in [0.29, 0.717) is 133 Å². The lowest BCUT2D eigenvalue weighted by Gasteiger charge is -2.16. The third-order valence-electron chi connectivity index (χ3n) is 23.8. The second-order valence-electron chi connectivity index (χ2n) is 33.5. The largest absolute Gasteiger partial charge is 0.478 e. The fraction of sp³-hybridized carbons (Fsp3) is 0.194. The molecule has 0 atom stereocenters. The molecule has 8 aromatic heterocycles. The Morgan fingerprint density at radius 2 is 0.674 bits per heavy atom. The summed E-state index contributed by atoms with van der Waals surface area (Å²) in [5.41, 5.74) is 13.0. The first-order valence-electron chi connectivity index (χ1n) is 43.1. The molecule has 0 aliphatic heterocycles. The summed E-state index contributed by atoms with van der Waals surface area (Å²) in [7, 11) is -12.1. The highest BCUT2D eigenvalue weighted by Crippen LogP contribution is 2.50. The number of tetrazole rings is 2. The SMILES string of the molecule is Cc1cc(-c2ccccn2)c(CS(=O)(=O)c2cc(C(=O)O)ccc2C2CC2)cc1-n1cnnn1.Cn1nccc1-c1cc(CS(=O)(=O)c2cc(C(=O)O)ccc2C2CC2)c(-c2ccccn2)cc1Cl.Cn1ncnc1-c1cc(CS(=O)(=O)c2cc(C(=O)O)ccc2C2CC2)c(-c2ccccn2)cc1Cl.O=C(O)c1ccc(C2CC2)c(S(=O)(=O)Cc2cc(-n3cnnn3)c(Cl)cc2-c2ccccn2)c1. The number of carboxylic acid groups (broad SMARTS) is 4. The molecular formula is C98H82Cl3N17O16S4. The average molecular weight is 1990 g/mol. The second-order valence-corrected chi connectivity index (χ2v) is 42.6. The van der Waals surface area contributed by atoms with Gasteiger partial charge in [-0.15, -0.1) is 10.2 Å². The molecule has 33 nitrogen and oxygen atoms in total. The van der Waals surface area contributed by atoms with Crippen LogP contribution in [0.5, 0.6) is 0 Å². The predicted molar refractivity (Wildman–Crippen MR) is 511 cm³/mol. The van der Waals surface area contributed by atoms with Crippen LogP contribution in [-0.2, 0) is 76.5 Å². The number of rotatable bonds is 28. The number of hydrogen-bond donors (Lipinski definition) is 4. The monoisotopic (exact) mass is 1990 g/mol. The average Bonchev–Trinajstić information content (AvgIpc) is 1.33. The van der Waals surface area contributed by atoms with Gasteiger partial charge in [0.2, 0.25) is 0 Å². The first kappa shape index (κ1) is 95.1. The third kappa shape index (κ3) is 21.3. The minimum Gasteiger partial charge on any atom is -0.478 e. The highest BCUT2D eigenvalue weighted by Gasteiger charge is 2.38. The summed E-state index contributed by atoms with van der Waals surface area (Å²) < 4.78 is 116. The third-order valence-corrected chi connectivity index (χ3v) is 31.6. The molecule has 4 fully saturated rings. The number of sulfone groups is 4. The maximum absolute atomic E-state index is 13.8. The molecule has 40 heteroatoms. The highest BCUT2D eigenvalue weighted by atomic mass is 35.5. The normalized spacial score (nSPS) is 13.7. The van der Waals surface area contributed by atoms with Gasteiger partial charge in [0.25, 0.3) is 0 Å². The number of aromatic carboxylic acids is 4. The summed E-state index contributed by atoms with van der Waals surface area (Å²) in [6.45, 7) is 1.89. The van der Waals surface area contributed by atoms with E-state index in [1.807, 2.05) is 43.3 Å². The zero-order valence-corrected chi connectivity index (χ0v) is 79.1. The van der Waals surface area contributed by atoms with Gasteiger partial charge >= 0.3 is 23.9 Å². The molecule has 0 bridgehead atoms. The maximum atomic E-state index is 13.8. The molecule has 4 aliphatic rings. The smallest absolute Gasteiger partial charge is 0.335 e. The molecule has 0 unspecified atom stereocenters. The van der Waals surface area contributed by atoms with Crippen molar-refractivity contribution < 1.29 is 73.3 Å². The quantitative estimate of drug-likeness (QED) is 0.0354. The Balaban J connectivity index is 0.000000127. The van der Waals surface area contributed by atoms with Crippen LogP contribution in [0.15, 0.2) is 270 Å². The van der Waals surface area contributed by atoms with Crippen LogP contribution in [0.1, 0.15) is 167 Å². The van der Waals surface area contributed by atoms with Gasteiger partial charge in [0.05, 0.1) is 120 Å². The Labute approximate surface area is 805 Å². The van der Waals surface area contributed by atoms with Crippen LogP contribution in [0.4, 0.5) is 0 Å². The molecule has 4 aliphatic carbocycles. The Kier molecular flexibility index (Phi) is 27.3. The molecule has 4 saturated carbocycles. The number of nitrogens with zero attached hydrogens (tertiary/aromatic N) is 17. The lowest BCUT2D eigenvalue weighted by atomic mass is 10.0. The molecule has 16 aromatic rings. The van der Waals surface area contributed by atoms with Gasteiger partial charge in [-0.05, 0) is 305 Å². The molecule has 700 valence electrons. The molecular weight excluding hydrogens is 1910 g/mol. The van der Waals surface area contributed by atoms with Gasteiger partial charge < -0.3 is 20.4 Å². The van der Waals surface area contributed by atoms with E-state index in [2.05, 4.69) is 66.2 Å². The van der Waals surface area contributed by atoms with Crippen molar-refractivity contribution in [3.63, 3.8) is 0 Å². The number of carbonyl (C=O) groups is 4. The van der Waals surface area contributed by atoms with Crippen LogP contribution < -0.4 is 0 Å². The van der Waals surface area contributed by atoms with E-state index >= 15 is 0 Å². The first-order chi connectivity index (χ1) is 66.1. The zero-order chi connectivity index (χ0) is 97.2. The Hall–Kier alpha value is -14.6. The van der Waals surface area contributed by atoms with Gasteiger partial charge in [-0.3, -0.25) is 24.6 Å². The van der Waals surface area contributed by atoms with Gasteiger partial charge in [-0.2, -0.15) is 14.9 Å².